The van der Waals surface area contributed by atoms with Crippen molar-refractivity contribution < 1.29 is 4.79 Å². The molecule has 0 radical (unpaired) electrons. The number of hydrogen-bond acceptors (Lipinski definition) is 2. The molecule has 0 aliphatic rings. The Labute approximate surface area is 123 Å². The van der Waals surface area contributed by atoms with Crippen LogP contribution in [0, 0.1) is 0 Å². The van der Waals surface area contributed by atoms with Gasteiger partial charge >= 0.3 is 0 Å². The minimum Gasteiger partial charge on any atom is -0.353 e. The average Bonchev–Trinajstić information content (AvgIpc) is 2.39. The summed E-state index contributed by atoms with van der Waals surface area (Å²) in [5.74, 6) is 0.632. The first kappa shape index (κ1) is 16.7. The second-order valence-corrected chi connectivity index (χ2v) is 5.76. The monoisotopic (exact) mass is 276 g/mol. The molecule has 0 bridgehead atoms. The number of carbonyl (C=O) groups excluding carboxylic acids is 1. The molecule has 0 saturated carbocycles. The lowest BCUT2D eigenvalue weighted by Crippen LogP contribution is -2.38. The molecular formula is C17H28N2O. The van der Waals surface area contributed by atoms with Crippen molar-refractivity contribution in [2.75, 3.05) is 6.54 Å². The van der Waals surface area contributed by atoms with Crippen LogP contribution in [-0.4, -0.2) is 18.5 Å². The summed E-state index contributed by atoms with van der Waals surface area (Å²) in [7, 11) is 0. The van der Waals surface area contributed by atoms with Gasteiger partial charge in [0.15, 0.2) is 0 Å². The largest absolute Gasteiger partial charge is 0.353 e. The van der Waals surface area contributed by atoms with Crippen molar-refractivity contribution in [2.24, 2.45) is 0 Å². The van der Waals surface area contributed by atoms with Crippen LogP contribution in [0.3, 0.4) is 0 Å². The Kier molecular flexibility index (Phi) is 7.31. The van der Waals surface area contributed by atoms with E-state index in [-0.39, 0.29) is 11.9 Å². The molecule has 0 fully saturated rings. The van der Waals surface area contributed by atoms with Gasteiger partial charge in [-0.2, -0.15) is 0 Å². The fraction of sp³-hybridized carbons (Fsp3) is 0.588. The number of benzene rings is 1. The van der Waals surface area contributed by atoms with Crippen LogP contribution in [0.15, 0.2) is 24.3 Å². The summed E-state index contributed by atoms with van der Waals surface area (Å²) in [5.41, 5.74) is 2.56. The minimum atomic E-state index is 0.0738. The van der Waals surface area contributed by atoms with Crippen molar-refractivity contribution in [3.63, 3.8) is 0 Å². The highest BCUT2D eigenvalue weighted by molar-refractivity contribution is 5.78. The number of carbonyl (C=O) groups is 1. The van der Waals surface area contributed by atoms with E-state index in [1.54, 1.807) is 0 Å². The molecule has 0 saturated heterocycles. The Morgan fingerprint density at radius 2 is 1.80 bits per heavy atom. The van der Waals surface area contributed by atoms with Crippen LogP contribution < -0.4 is 10.6 Å². The molecule has 1 amide bonds. The quantitative estimate of drug-likeness (QED) is 0.765. The van der Waals surface area contributed by atoms with E-state index in [0.29, 0.717) is 12.5 Å². The molecule has 0 aliphatic carbocycles. The fourth-order valence-corrected chi connectivity index (χ4v) is 2.17. The molecule has 0 aliphatic heterocycles. The van der Waals surface area contributed by atoms with E-state index in [9.17, 15) is 4.79 Å². The topological polar surface area (TPSA) is 41.1 Å². The first-order valence-electron chi connectivity index (χ1n) is 7.61. The molecule has 3 heteroatoms. The summed E-state index contributed by atoms with van der Waals surface area (Å²) in [5, 5.41) is 6.18. The lowest BCUT2D eigenvalue weighted by Gasteiger charge is -2.13. The SMILES string of the molecule is CCCC(C)NC(=O)CNCc1ccc(C(C)C)cc1. The summed E-state index contributed by atoms with van der Waals surface area (Å²) in [4.78, 5) is 11.7. The third-order valence-electron chi connectivity index (χ3n) is 3.39. The second kappa shape index (κ2) is 8.75. The zero-order chi connectivity index (χ0) is 15.0. The zero-order valence-corrected chi connectivity index (χ0v) is 13.2. The fourth-order valence-electron chi connectivity index (χ4n) is 2.17. The second-order valence-electron chi connectivity index (χ2n) is 5.76. The average molecular weight is 276 g/mol. The van der Waals surface area contributed by atoms with Gasteiger partial charge in [0.1, 0.15) is 0 Å². The first-order valence-corrected chi connectivity index (χ1v) is 7.61. The maximum Gasteiger partial charge on any atom is 0.234 e. The van der Waals surface area contributed by atoms with Crippen molar-refractivity contribution in [3.05, 3.63) is 35.4 Å². The van der Waals surface area contributed by atoms with E-state index in [1.165, 1.54) is 11.1 Å². The highest BCUT2D eigenvalue weighted by Crippen LogP contribution is 2.14. The Hall–Kier alpha value is -1.35. The molecule has 1 aromatic rings. The molecule has 1 atom stereocenters. The number of amides is 1. The van der Waals surface area contributed by atoms with Gasteiger partial charge in [-0.1, -0.05) is 51.5 Å². The number of rotatable bonds is 8. The smallest absolute Gasteiger partial charge is 0.234 e. The predicted molar refractivity (Wildman–Crippen MR) is 84.8 cm³/mol. The van der Waals surface area contributed by atoms with E-state index >= 15 is 0 Å². The van der Waals surface area contributed by atoms with Gasteiger partial charge in [0.05, 0.1) is 6.54 Å². The molecule has 0 spiro atoms. The molecule has 3 nitrogen and oxygen atoms in total. The van der Waals surface area contributed by atoms with Gasteiger partial charge < -0.3 is 10.6 Å². The van der Waals surface area contributed by atoms with Crippen LogP contribution in [-0.2, 0) is 11.3 Å². The standard InChI is InChI=1S/C17H28N2O/c1-5-6-14(4)19-17(20)12-18-11-15-7-9-16(10-8-15)13(2)3/h7-10,13-14,18H,5-6,11-12H2,1-4H3,(H,19,20). The van der Waals surface area contributed by atoms with Crippen molar-refractivity contribution in [2.45, 2.75) is 59.0 Å². The summed E-state index contributed by atoms with van der Waals surface area (Å²) >= 11 is 0. The molecule has 1 aromatic carbocycles. The molecule has 2 N–H and O–H groups in total. The van der Waals surface area contributed by atoms with Crippen molar-refractivity contribution in [3.8, 4) is 0 Å². The maximum absolute atomic E-state index is 11.7. The summed E-state index contributed by atoms with van der Waals surface area (Å²) in [6, 6.07) is 8.83. The lowest BCUT2D eigenvalue weighted by molar-refractivity contribution is -0.120. The van der Waals surface area contributed by atoms with E-state index in [2.05, 4.69) is 55.7 Å². The third-order valence-corrected chi connectivity index (χ3v) is 3.39. The lowest BCUT2D eigenvalue weighted by atomic mass is 10.0. The van der Waals surface area contributed by atoms with Crippen LogP contribution >= 0.6 is 0 Å². The molecule has 20 heavy (non-hydrogen) atoms. The van der Waals surface area contributed by atoms with Crippen molar-refractivity contribution >= 4 is 5.91 Å². The summed E-state index contributed by atoms with van der Waals surface area (Å²) in [6.45, 7) is 9.66. The Bertz CT molecular complexity index is 398. The maximum atomic E-state index is 11.7. The van der Waals surface area contributed by atoms with Crippen LogP contribution in [0.2, 0.25) is 0 Å². The Morgan fingerprint density at radius 3 is 2.35 bits per heavy atom. The third kappa shape index (κ3) is 6.20. The molecular weight excluding hydrogens is 248 g/mol. The van der Waals surface area contributed by atoms with E-state index in [4.69, 9.17) is 0 Å². The van der Waals surface area contributed by atoms with Gasteiger partial charge in [-0.25, -0.2) is 0 Å². The number of nitrogens with one attached hydrogen (secondary N) is 2. The predicted octanol–water partition coefficient (Wildman–Crippen LogP) is 3.20. The minimum absolute atomic E-state index is 0.0738. The molecule has 1 unspecified atom stereocenters. The van der Waals surface area contributed by atoms with Gasteiger partial charge in [0.2, 0.25) is 5.91 Å². The molecule has 112 valence electrons. The highest BCUT2D eigenvalue weighted by Gasteiger charge is 2.05. The normalized spacial score (nSPS) is 12.4. The molecule has 1 rings (SSSR count). The van der Waals surface area contributed by atoms with Gasteiger partial charge in [0.25, 0.3) is 0 Å². The molecule has 0 aromatic heterocycles. The van der Waals surface area contributed by atoms with E-state index < -0.39 is 0 Å². The number of hydrogen-bond donors (Lipinski definition) is 2. The zero-order valence-electron chi connectivity index (χ0n) is 13.2. The van der Waals surface area contributed by atoms with Crippen molar-refractivity contribution in [1.29, 1.82) is 0 Å². The van der Waals surface area contributed by atoms with E-state index in [1.807, 2.05) is 6.92 Å². The van der Waals surface area contributed by atoms with Crippen LogP contribution in [0.25, 0.3) is 0 Å². The first-order chi connectivity index (χ1) is 9.52. The highest BCUT2D eigenvalue weighted by atomic mass is 16.1. The van der Waals surface area contributed by atoms with Gasteiger partial charge in [-0.15, -0.1) is 0 Å². The summed E-state index contributed by atoms with van der Waals surface area (Å²) < 4.78 is 0. The van der Waals surface area contributed by atoms with Gasteiger partial charge in [-0.05, 0) is 30.4 Å². The van der Waals surface area contributed by atoms with Gasteiger partial charge in [-0.3, -0.25) is 4.79 Å². The Balaban J connectivity index is 2.28. The summed E-state index contributed by atoms with van der Waals surface area (Å²) in [6.07, 6.45) is 2.12. The van der Waals surface area contributed by atoms with Crippen LogP contribution in [0.5, 0.6) is 0 Å². The van der Waals surface area contributed by atoms with Crippen LogP contribution in [0.1, 0.15) is 57.6 Å². The van der Waals surface area contributed by atoms with Gasteiger partial charge in [0, 0.05) is 12.6 Å². The van der Waals surface area contributed by atoms with Crippen LogP contribution in [0.4, 0.5) is 0 Å². The Morgan fingerprint density at radius 1 is 1.15 bits per heavy atom. The molecule has 0 heterocycles. The van der Waals surface area contributed by atoms with Crippen molar-refractivity contribution in [1.82, 2.24) is 10.6 Å². The van der Waals surface area contributed by atoms with E-state index in [0.717, 1.165) is 19.4 Å².